The van der Waals surface area contributed by atoms with Crippen molar-refractivity contribution in [3.63, 3.8) is 0 Å². The van der Waals surface area contributed by atoms with E-state index in [0.717, 1.165) is 18.4 Å². The maximum absolute atomic E-state index is 13.2. The van der Waals surface area contributed by atoms with Gasteiger partial charge in [0.15, 0.2) is 0 Å². The first-order valence-corrected chi connectivity index (χ1v) is 12.1. The van der Waals surface area contributed by atoms with Crippen molar-refractivity contribution in [1.82, 2.24) is 9.62 Å². The molecule has 2 aliphatic heterocycles. The van der Waals surface area contributed by atoms with Gasteiger partial charge >= 0.3 is 0 Å². The Bertz CT molecular complexity index is 1010. The molecule has 0 aliphatic carbocycles. The molecule has 7 nitrogen and oxygen atoms in total. The van der Waals surface area contributed by atoms with Crippen LogP contribution in [0.1, 0.15) is 41.8 Å². The highest BCUT2D eigenvalue weighted by atomic mass is 32.2. The van der Waals surface area contributed by atoms with Crippen LogP contribution in [0.3, 0.4) is 0 Å². The van der Waals surface area contributed by atoms with E-state index in [-0.39, 0.29) is 35.7 Å². The average molecular weight is 445 g/mol. The Hall–Kier alpha value is -2.26. The van der Waals surface area contributed by atoms with Crippen LogP contribution in [0.25, 0.3) is 0 Å². The topological polar surface area (TPSA) is 84.9 Å². The summed E-state index contributed by atoms with van der Waals surface area (Å²) in [6.07, 6.45) is 1.36. The Balaban J connectivity index is 1.48. The Morgan fingerprint density at radius 3 is 2.68 bits per heavy atom. The van der Waals surface area contributed by atoms with Crippen LogP contribution in [0.15, 0.2) is 59.5 Å². The molecule has 0 saturated carbocycles. The summed E-state index contributed by atoms with van der Waals surface area (Å²) < 4.78 is 39.6. The number of nitrogens with zero attached hydrogens (tertiary/aromatic N) is 1. The van der Waals surface area contributed by atoms with Gasteiger partial charge in [0.05, 0.1) is 23.6 Å². The molecule has 0 spiro atoms. The fourth-order valence-corrected chi connectivity index (χ4v) is 5.15. The summed E-state index contributed by atoms with van der Waals surface area (Å²) in [4.78, 5) is 15.0. The molecule has 166 valence electrons. The van der Waals surface area contributed by atoms with Gasteiger partial charge in [-0.05, 0) is 43.5 Å². The van der Waals surface area contributed by atoms with Crippen molar-refractivity contribution in [3.8, 4) is 0 Å². The normalized spacial score (nSPS) is 24.3. The highest BCUT2D eigenvalue weighted by Crippen LogP contribution is 2.26. The van der Waals surface area contributed by atoms with Gasteiger partial charge in [-0.1, -0.05) is 36.4 Å². The second-order valence-electron chi connectivity index (χ2n) is 8.07. The predicted molar refractivity (Wildman–Crippen MR) is 116 cm³/mol. The third-order valence-corrected chi connectivity index (χ3v) is 7.06. The first kappa shape index (κ1) is 22.0. The molecule has 2 aliphatic rings. The van der Waals surface area contributed by atoms with Gasteiger partial charge in [-0.3, -0.25) is 4.79 Å². The molecule has 3 unspecified atom stereocenters. The van der Waals surface area contributed by atoms with Crippen LogP contribution in [-0.4, -0.2) is 57.7 Å². The molecule has 2 aromatic carbocycles. The number of hydrogen-bond donors (Lipinski definition) is 1. The number of sulfonamides is 1. The first-order valence-electron chi connectivity index (χ1n) is 10.6. The molecule has 2 saturated heterocycles. The van der Waals surface area contributed by atoms with Gasteiger partial charge in [0.1, 0.15) is 6.10 Å². The summed E-state index contributed by atoms with van der Waals surface area (Å²) in [6, 6.07) is 16.0. The first-order chi connectivity index (χ1) is 14.9. The van der Waals surface area contributed by atoms with Crippen LogP contribution < -0.4 is 4.72 Å². The van der Waals surface area contributed by atoms with Gasteiger partial charge in [-0.25, -0.2) is 13.1 Å². The van der Waals surface area contributed by atoms with E-state index in [2.05, 4.69) is 4.72 Å². The van der Waals surface area contributed by atoms with E-state index in [1.165, 1.54) is 12.1 Å². The van der Waals surface area contributed by atoms with Gasteiger partial charge in [-0.15, -0.1) is 0 Å². The fraction of sp³-hybridized carbons (Fsp3) is 0.435. The quantitative estimate of drug-likeness (QED) is 0.741. The molecule has 31 heavy (non-hydrogen) atoms. The van der Waals surface area contributed by atoms with Gasteiger partial charge < -0.3 is 14.4 Å². The van der Waals surface area contributed by atoms with Crippen molar-refractivity contribution in [2.24, 2.45) is 0 Å². The second-order valence-corrected chi connectivity index (χ2v) is 9.84. The fourth-order valence-electron chi connectivity index (χ4n) is 4.04. The van der Waals surface area contributed by atoms with Crippen LogP contribution in [0, 0.1) is 0 Å². The summed E-state index contributed by atoms with van der Waals surface area (Å²) in [5.74, 6) is -0.202. The van der Waals surface area contributed by atoms with Gasteiger partial charge in [0.2, 0.25) is 10.0 Å². The van der Waals surface area contributed by atoms with Crippen molar-refractivity contribution >= 4 is 15.9 Å². The number of carbonyl (C=O) groups is 1. The van der Waals surface area contributed by atoms with E-state index in [9.17, 15) is 13.2 Å². The third-order valence-electron chi connectivity index (χ3n) is 5.64. The number of nitrogens with one attached hydrogen (secondary N) is 1. The predicted octanol–water partition coefficient (Wildman–Crippen LogP) is 2.75. The Morgan fingerprint density at radius 2 is 1.94 bits per heavy atom. The van der Waals surface area contributed by atoms with E-state index in [4.69, 9.17) is 9.47 Å². The molecule has 2 fully saturated rings. The van der Waals surface area contributed by atoms with Crippen LogP contribution >= 0.6 is 0 Å². The van der Waals surface area contributed by atoms with Crippen molar-refractivity contribution in [2.45, 2.75) is 43.0 Å². The van der Waals surface area contributed by atoms with E-state index >= 15 is 0 Å². The molecule has 8 heteroatoms. The zero-order chi connectivity index (χ0) is 21.8. The lowest BCUT2D eigenvalue weighted by molar-refractivity contribution is -0.0691. The minimum absolute atomic E-state index is 0.0808. The minimum atomic E-state index is -3.72. The SMILES string of the molecule is CC1CN(C(=O)c2cccc(S(=O)(=O)NCC3CCCO3)c2)CC(c2ccccc2)O1. The van der Waals surface area contributed by atoms with Gasteiger partial charge in [0, 0.05) is 25.3 Å². The van der Waals surface area contributed by atoms with Crippen LogP contribution in [0.4, 0.5) is 0 Å². The van der Waals surface area contributed by atoms with Crippen molar-refractivity contribution in [2.75, 3.05) is 26.2 Å². The number of carbonyl (C=O) groups excluding carboxylic acids is 1. The standard InChI is InChI=1S/C23H28N2O5S/c1-17-15-25(16-22(30-17)18-7-3-2-4-8-18)23(26)19-9-5-11-21(13-19)31(27,28)24-14-20-10-6-12-29-20/h2-5,7-9,11,13,17,20,22,24H,6,10,12,14-16H2,1H3. The van der Waals surface area contributed by atoms with Crippen molar-refractivity contribution in [1.29, 1.82) is 0 Å². The maximum atomic E-state index is 13.2. The minimum Gasteiger partial charge on any atom is -0.377 e. The number of rotatable bonds is 6. The molecule has 0 aromatic heterocycles. The molecule has 0 radical (unpaired) electrons. The largest absolute Gasteiger partial charge is 0.377 e. The molecule has 2 heterocycles. The summed E-state index contributed by atoms with van der Waals surface area (Å²) in [5.41, 5.74) is 1.36. The maximum Gasteiger partial charge on any atom is 0.254 e. The molecule has 4 rings (SSSR count). The lowest BCUT2D eigenvalue weighted by atomic mass is 10.1. The van der Waals surface area contributed by atoms with Crippen LogP contribution in [0.2, 0.25) is 0 Å². The highest BCUT2D eigenvalue weighted by molar-refractivity contribution is 7.89. The Morgan fingerprint density at radius 1 is 1.13 bits per heavy atom. The highest BCUT2D eigenvalue weighted by Gasteiger charge is 2.30. The van der Waals surface area contributed by atoms with Crippen molar-refractivity contribution in [3.05, 3.63) is 65.7 Å². The molecule has 3 atom stereocenters. The van der Waals surface area contributed by atoms with Gasteiger partial charge in [-0.2, -0.15) is 0 Å². The molecular weight excluding hydrogens is 416 g/mol. The molecule has 0 bridgehead atoms. The summed E-state index contributed by atoms with van der Waals surface area (Å²) >= 11 is 0. The summed E-state index contributed by atoms with van der Waals surface area (Å²) in [7, 11) is -3.72. The molecule has 2 aromatic rings. The monoisotopic (exact) mass is 444 g/mol. The van der Waals surface area contributed by atoms with Crippen LogP contribution in [0.5, 0.6) is 0 Å². The lowest BCUT2D eigenvalue weighted by Gasteiger charge is -2.37. The number of morpholine rings is 1. The van der Waals surface area contributed by atoms with E-state index in [0.29, 0.717) is 25.3 Å². The van der Waals surface area contributed by atoms with E-state index in [1.54, 1.807) is 17.0 Å². The summed E-state index contributed by atoms with van der Waals surface area (Å²) in [5, 5.41) is 0. The molecular formula is C23H28N2O5S. The number of ether oxygens (including phenoxy) is 2. The Kier molecular flexibility index (Phi) is 6.71. The third kappa shape index (κ3) is 5.33. The summed E-state index contributed by atoms with van der Waals surface area (Å²) in [6.45, 7) is 3.71. The average Bonchev–Trinajstić information content (AvgIpc) is 3.31. The van der Waals surface area contributed by atoms with Crippen LogP contribution in [-0.2, 0) is 19.5 Å². The molecule has 1 amide bonds. The lowest BCUT2D eigenvalue weighted by Crippen LogP contribution is -2.46. The Labute approximate surface area is 183 Å². The number of hydrogen-bond acceptors (Lipinski definition) is 5. The smallest absolute Gasteiger partial charge is 0.254 e. The van der Waals surface area contributed by atoms with Gasteiger partial charge in [0.25, 0.3) is 5.91 Å². The zero-order valence-corrected chi connectivity index (χ0v) is 18.4. The molecule has 1 N–H and O–H groups in total. The van der Waals surface area contributed by atoms with E-state index in [1.807, 2.05) is 37.3 Å². The van der Waals surface area contributed by atoms with Crippen molar-refractivity contribution < 1.29 is 22.7 Å². The van der Waals surface area contributed by atoms with E-state index < -0.39 is 10.0 Å². The number of amides is 1. The number of benzene rings is 2. The second kappa shape index (κ2) is 9.48. The zero-order valence-electron chi connectivity index (χ0n) is 17.6.